The van der Waals surface area contributed by atoms with E-state index in [0.29, 0.717) is 6.61 Å². The molecule has 1 unspecified atom stereocenters. The number of aryl methyl sites for hydroxylation is 1. The van der Waals surface area contributed by atoms with Crippen molar-refractivity contribution in [3.63, 3.8) is 0 Å². The molecular formula is C13H18O2. The lowest BCUT2D eigenvalue weighted by atomic mass is 10.0. The Morgan fingerprint density at radius 1 is 1.40 bits per heavy atom. The van der Waals surface area contributed by atoms with Gasteiger partial charge in [0.1, 0.15) is 6.10 Å². The molecule has 0 aromatic heterocycles. The van der Waals surface area contributed by atoms with Gasteiger partial charge in [-0.3, -0.25) is 0 Å². The number of fused-ring (bicyclic) bond motifs is 1. The van der Waals surface area contributed by atoms with E-state index >= 15 is 0 Å². The Morgan fingerprint density at radius 3 is 3.13 bits per heavy atom. The summed E-state index contributed by atoms with van der Waals surface area (Å²) in [6, 6.07) is 8.53. The second kappa shape index (κ2) is 5.29. The molecule has 15 heavy (non-hydrogen) atoms. The Kier molecular flexibility index (Phi) is 3.75. The average molecular weight is 206 g/mol. The molecule has 1 aliphatic rings. The molecular weight excluding hydrogens is 188 g/mol. The number of benzene rings is 1. The fourth-order valence-corrected chi connectivity index (χ4v) is 2.02. The van der Waals surface area contributed by atoms with Crippen LogP contribution in [0.4, 0.5) is 0 Å². The van der Waals surface area contributed by atoms with Gasteiger partial charge in [0.15, 0.2) is 0 Å². The van der Waals surface area contributed by atoms with Gasteiger partial charge in [-0.15, -0.1) is 0 Å². The average Bonchev–Trinajstić information content (AvgIpc) is 2.49. The van der Waals surface area contributed by atoms with E-state index in [1.165, 1.54) is 11.1 Å². The van der Waals surface area contributed by atoms with Gasteiger partial charge in [-0.1, -0.05) is 24.3 Å². The van der Waals surface area contributed by atoms with Gasteiger partial charge in [0, 0.05) is 13.2 Å². The van der Waals surface area contributed by atoms with Crippen molar-refractivity contribution in [2.24, 2.45) is 0 Å². The summed E-state index contributed by atoms with van der Waals surface area (Å²) in [5, 5.41) is 0. The zero-order valence-corrected chi connectivity index (χ0v) is 9.24. The summed E-state index contributed by atoms with van der Waals surface area (Å²) >= 11 is 0. The highest BCUT2D eigenvalue weighted by Gasteiger charge is 2.18. The van der Waals surface area contributed by atoms with Crippen LogP contribution in [0.2, 0.25) is 0 Å². The molecule has 0 saturated heterocycles. The van der Waals surface area contributed by atoms with Crippen LogP contribution in [0.25, 0.3) is 0 Å². The summed E-state index contributed by atoms with van der Waals surface area (Å²) in [4.78, 5) is 0. The quantitative estimate of drug-likeness (QED) is 0.757. The van der Waals surface area contributed by atoms with Gasteiger partial charge >= 0.3 is 0 Å². The van der Waals surface area contributed by atoms with Crippen LogP contribution in [0.3, 0.4) is 0 Å². The Hall–Kier alpha value is -0.860. The van der Waals surface area contributed by atoms with Crippen molar-refractivity contribution >= 4 is 0 Å². The van der Waals surface area contributed by atoms with Crippen LogP contribution >= 0.6 is 0 Å². The number of ether oxygens (including phenoxy) is 2. The van der Waals surface area contributed by atoms with Gasteiger partial charge < -0.3 is 9.47 Å². The molecule has 1 heterocycles. The lowest BCUT2D eigenvalue weighted by molar-refractivity contribution is -0.0124. The molecule has 0 fully saturated rings. The minimum absolute atomic E-state index is 0.128. The van der Waals surface area contributed by atoms with Crippen LogP contribution in [0.5, 0.6) is 0 Å². The molecule has 0 aliphatic carbocycles. The van der Waals surface area contributed by atoms with E-state index in [1.807, 2.05) is 6.92 Å². The SMILES string of the molecule is CCOCC1OCCCc2ccccc21. The van der Waals surface area contributed by atoms with E-state index in [9.17, 15) is 0 Å². The Balaban J connectivity index is 2.17. The summed E-state index contributed by atoms with van der Waals surface area (Å²) in [5.41, 5.74) is 2.73. The van der Waals surface area contributed by atoms with E-state index in [1.54, 1.807) is 0 Å². The minimum Gasteiger partial charge on any atom is -0.379 e. The topological polar surface area (TPSA) is 18.5 Å². The maximum atomic E-state index is 5.81. The molecule has 1 aromatic carbocycles. The molecule has 2 nitrogen and oxygen atoms in total. The number of rotatable bonds is 3. The number of hydrogen-bond donors (Lipinski definition) is 0. The summed E-state index contributed by atoms with van der Waals surface area (Å²) in [7, 11) is 0. The highest BCUT2D eigenvalue weighted by molar-refractivity contribution is 5.30. The van der Waals surface area contributed by atoms with Crippen molar-refractivity contribution in [1.29, 1.82) is 0 Å². The van der Waals surface area contributed by atoms with Crippen LogP contribution < -0.4 is 0 Å². The van der Waals surface area contributed by atoms with E-state index < -0.39 is 0 Å². The van der Waals surface area contributed by atoms with Gasteiger partial charge in [0.2, 0.25) is 0 Å². The van der Waals surface area contributed by atoms with Crippen LogP contribution in [0.1, 0.15) is 30.6 Å². The highest BCUT2D eigenvalue weighted by atomic mass is 16.5. The first-order chi connectivity index (χ1) is 7.42. The third-order valence-corrected chi connectivity index (χ3v) is 2.78. The maximum Gasteiger partial charge on any atom is 0.106 e. The largest absolute Gasteiger partial charge is 0.379 e. The molecule has 0 N–H and O–H groups in total. The van der Waals surface area contributed by atoms with Crippen LogP contribution in [0.15, 0.2) is 24.3 Å². The lowest BCUT2D eigenvalue weighted by Crippen LogP contribution is -2.11. The lowest BCUT2D eigenvalue weighted by Gasteiger charge is -2.17. The Morgan fingerprint density at radius 2 is 2.27 bits per heavy atom. The van der Waals surface area contributed by atoms with Gasteiger partial charge in [-0.05, 0) is 30.9 Å². The van der Waals surface area contributed by atoms with Crippen LogP contribution in [-0.2, 0) is 15.9 Å². The van der Waals surface area contributed by atoms with E-state index in [-0.39, 0.29) is 6.10 Å². The molecule has 2 heteroatoms. The first-order valence-corrected chi connectivity index (χ1v) is 5.69. The van der Waals surface area contributed by atoms with Crippen molar-refractivity contribution in [3.05, 3.63) is 35.4 Å². The first kappa shape index (κ1) is 10.7. The summed E-state index contributed by atoms with van der Waals surface area (Å²) in [5.74, 6) is 0. The fourth-order valence-electron chi connectivity index (χ4n) is 2.02. The van der Waals surface area contributed by atoms with Gasteiger partial charge in [-0.25, -0.2) is 0 Å². The molecule has 1 atom stereocenters. The van der Waals surface area contributed by atoms with E-state index in [0.717, 1.165) is 26.1 Å². The molecule has 0 radical (unpaired) electrons. The molecule has 0 bridgehead atoms. The predicted molar refractivity (Wildman–Crippen MR) is 59.9 cm³/mol. The molecule has 1 aliphatic heterocycles. The van der Waals surface area contributed by atoms with Crippen molar-refractivity contribution in [3.8, 4) is 0 Å². The minimum atomic E-state index is 0.128. The van der Waals surface area contributed by atoms with E-state index in [4.69, 9.17) is 9.47 Å². The molecule has 82 valence electrons. The Bertz CT molecular complexity index is 309. The zero-order valence-electron chi connectivity index (χ0n) is 9.24. The molecule has 2 rings (SSSR count). The molecule has 1 aromatic rings. The smallest absolute Gasteiger partial charge is 0.106 e. The second-order valence-electron chi connectivity index (χ2n) is 3.82. The van der Waals surface area contributed by atoms with Crippen LogP contribution in [-0.4, -0.2) is 19.8 Å². The van der Waals surface area contributed by atoms with Crippen molar-refractivity contribution in [1.82, 2.24) is 0 Å². The number of hydrogen-bond acceptors (Lipinski definition) is 2. The first-order valence-electron chi connectivity index (χ1n) is 5.69. The standard InChI is InChI=1S/C13H18O2/c1-2-14-10-13-12-8-4-3-6-11(12)7-5-9-15-13/h3-4,6,8,13H,2,5,7,9-10H2,1H3. The molecule has 0 spiro atoms. The zero-order chi connectivity index (χ0) is 10.5. The summed E-state index contributed by atoms with van der Waals surface area (Å²) in [6.07, 6.45) is 2.36. The van der Waals surface area contributed by atoms with Gasteiger partial charge in [0.05, 0.1) is 6.61 Å². The van der Waals surface area contributed by atoms with Crippen molar-refractivity contribution in [2.45, 2.75) is 25.9 Å². The van der Waals surface area contributed by atoms with Gasteiger partial charge in [-0.2, -0.15) is 0 Å². The normalized spacial score (nSPS) is 20.7. The third-order valence-electron chi connectivity index (χ3n) is 2.78. The van der Waals surface area contributed by atoms with Crippen LogP contribution in [0, 0.1) is 0 Å². The highest BCUT2D eigenvalue weighted by Crippen LogP contribution is 2.26. The molecule has 0 saturated carbocycles. The van der Waals surface area contributed by atoms with Crippen molar-refractivity contribution in [2.75, 3.05) is 19.8 Å². The second-order valence-corrected chi connectivity index (χ2v) is 3.82. The molecule has 0 amide bonds. The van der Waals surface area contributed by atoms with Gasteiger partial charge in [0.25, 0.3) is 0 Å². The predicted octanol–water partition coefficient (Wildman–Crippen LogP) is 2.73. The monoisotopic (exact) mass is 206 g/mol. The Labute approximate surface area is 91.2 Å². The van der Waals surface area contributed by atoms with Crippen molar-refractivity contribution < 1.29 is 9.47 Å². The van der Waals surface area contributed by atoms with E-state index in [2.05, 4.69) is 24.3 Å². The fraction of sp³-hybridized carbons (Fsp3) is 0.538. The summed E-state index contributed by atoms with van der Waals surface area (Å²) < 4.78 is 11.3. The summed E-state index contributed by atoms with van der Waals surface area (Å²) in [6.45, 7) is 4.28. The maximum absolute atomic E-state index is 5.81. The third kappa shape index (κ3) is 2.58.